The van der Waals surface area contributed by atoms with Crippen molar-refractivity contribution in [1.29, 1.82) is 0 Å². The number of nitrogens with zero attached hydrogens (tertiary/aromatic N) is 2. The van der Waals surface area contributed by atoms with Crippen LogP contribution in [0.5, 0.6) is 0 Å². The van der Waals surface area contributed by atoms with Gasteiger partial charge in [-0.25, -0.2) is 8.42 Å². The third-order valence-electron chi connectivity index (χ3n) is 2.86. The van der Waals surface area contributed by atoms with Gasteiger partial charge in [-0.2, -0.15) is 0 Å². The number of hydrogen-bond acceptors (Lipinski definition) is 4. The molecule has 0 saturated heterocycles. The lowest BCUT2D eigenvalue weighted by Crippen LogP contribution is -2.38. The van der Waals surface area contributed by atoms with Crippen molar-refractivity contribution in [2.75, 3.05) is 31.1 Å². The Morgan fingerprint density at radius 2 is 2.10 bits per heavy atom. The lowest BCUT2D eigenvalue weighted by molar-refractivity contribution is 0.597. The minimum atomic E-state index is -2.97. The molecular formula is C14H24N4O2S. The van der Waals surface area contributed by atoms with E-state index >= 15 is 0 Å². The van der Waals surface area contributed by atoms with Gasteiger partial charge in [0.1, 0.15) is 0 Å². The molecule has 21 heavy (non-hydrogen) atoms. The molecule has 6 nitrogen and oxygen atoms in total. The summed E-state index contributed by atoms with van der Waals surface area (Å²) in [5, 5.41) is 6.27. The van der Waals surface area contributed by atoms with E-state index in [1.54, 1.807) is 13.1 Å². The van der Waals surface area contributed by atoms with Crippen molar-refractivity contribution in [3.63, 3.8) is 0 Å². The van der Waals surface area contributed by atoms with Crippen molar-refractivity contribution in [3.8, 4) is 0 Å². The summed E-state index contributed by atoms with van der Waals surface area (Å²) in [6.07, 6.45) is 2.56. The first kappa shape index (κ1) is 17.4. The molecule has 0 atom stereocenters. The quantitative estimate of drug-likeness (QED) is 0.543. The molecule has 118 valence electrons. The van der Waals surface area contributed by atoms with E-state index in [0.717, 1.165) is 18.7 Å². The van der Waals surface area contributed by atoms with Crippen LogP contribution in [0.2, 0.25) is 0 Å². The molecule has 0 spiro atoms. The maximum absolute atomic E-state index is 11.4. The number of hydrogen-bond donors (Lipinski definition) is 2. The Balaban J connectivity index is 2.42. The molecule has 7 heteroatoms. The summed E-state index contributed by atoms with van der Waals surface area (Å²) < 4.78 is 22.8. The third kappa shape index (κ3) is 7.65. The minimum Gasteiger partial charge on any atom is -0.357 e. The van der Waals surface area contributed by atoms with Crippen molar-refractivity contribution in [3.05, 3.63) is 30.1 Å². The second kappa shape index (κ2) is 9.33. The maximum Gasteiger partial charge on any atom is 0.191 e. The first-order valence-corrected chi connectivity index (χ1v) is 9.02. The molecule has 0 fully saturated rings. The Kier molecular flexibility index (Phi) is 7.74. The van der Waals surface area contributed by atoms with E-state index in [4.69, 9.17) is 0 Å². The monoisotopic (exact) mass is 312 g/mol. The molecule has 0 saturated carbocycles. The standard InChI is InChI=1S/C14H24N4O2S/c1-3-15-14(18-11-12-21(19,20)4-2)17-10-8-13-7-5-6-9-16-13/h5-7,9H,3-4,8,10-12H2,1-2H3,(H2,15,17,18). The molecule has 0 amide bonds. The Hall–Kier alpha value is -1.63. The molecule has 0 unspecified atom stereocenters. The molecule has 1 rings (SSSR count). The average Bonchev–Trinajstić information content (AvgIpc) is 2.48. The van der Waals surface area contributed by atoms with E-state index in [1.807, 2.05) is 25.1 Å². The zero-order valence-corrected chi connectivity index (χ0v) is 13.5. The van der Waals surface area contributed by atoms with E-state index in [0.29, 0.717) is 12.5 Å². The Morgan fingerprint density at radius 1 is 1.29 bits per heavy atom. The molecule has 0 aliphatic carbocycles. The largest absolute Gasteiger partial charge is 0.357 e. The van der Waals surface area contributed by atoms with Crippen LogP contribution in [0.1, 0.15) is 19.5 Å². The summed E-state index contributed by atoms with van der Waals surface area (Å²) in [4.78, 5) is 8.52. The highest BCUT2D eigenvalue weighted by molar-refractivity contribution is 7.91. The molecule has 2 N–H and O–H groups in total. The van der Waals surface area contributed by atoms with Crippen molar-refractivity contribution in [1.82, 2.24) is 15.6 Å². The number of pyridine rings is 1. The van der Waals surface area contributed by atoms with Crippen LogP contribution in [-0.4, -0.2) is 50.5 Å². The first-order valence-electron chi connectivity index (χ1n) is 7.20. The minimum absolute atomic E-state index is 0.0836. The highest BCUT2D eigenvalue weighted by Gasteiger charge is 2.06. The highest BCUT2D eigenvalue weighted by atomic mass is 32.2. The van der Waals surface area contributed by atoms with Crippen LogP contribution in [-0.2, 0) is 16.3 Å². The van der Waals surface area contributed by atoms with Gasteiger partial charge in [-0.3, -0.25) is 9.98 Å². The lowest BCUT2D eigenvalue weighted by atomic mass is 10.3. The summed E-state index contributed by atoms with van der Waals surface area (Å²) in [6.45, 7) is 5.32. The van der Waals surface area contributed by atoms with Gasteiger partial charge in [0.15, 0.2) is 15.8 Å². The van der Waals surface area contributed by atoms with Gasteiger partial charge in [0, 0.05) is 37.2 Å². The van der Waals surface area contributed by atoms with Gasteiger partial charge in [-0.1, -0.05) is 13.0 Å². The zero-order chi connectivity index (χ0) is 15.6. The molecule has 1 aromatic rings. The number of aliphatic imine (C=N–C) groups is 1. The van der Waals surface area contributed by atoms with Gasteiger partial charge in [0.2, 0.25) is 0 Å². The van der Waals surface area contributed by atoms with Crippen molar-refractivity contribution in [2.45, 2.75) is 20.3 Å². The van der Waals surface area contributed by atoms with Crippen LogP contribution in [0.15, 0.2) is 29.4 Å². The number of nitrogens with one attached hydrogen (secondary N) is 2. The Labute approximate surface area is 127 Å². The summed E-state index contributed by atoms with van der Waals surface area (Å²) in [6, 6.07) is 5.81. The summed E-state index contributed by atoms with van der Waals surface area (Å²) >= 11 is 0. The molecule has 0 aliphatic rings. The van der Waals surface area contributed by atoms with Crippen LogP contribution in [0.25, 0.3) is 0 Å². The van der Waals surface area contributed by atoms with Gasteiger partial charge in [0.25, 0.3) is 0 Å². The van der Waals surface area contributed by atoms with E-state index in [2.05, 4.69) is 20.6 Å². The van der Waals surface area contributed by atoms with E-state index in [9.17, 15) is 8.42 Å². The number of sulfone groups is 1. The van der Waals surface area contributed by atoms with Gasteiger partial charge in [-0.05, 0) is 19.1 Å². The summed E-state index contributed by atoms with van der Waals surface area (Å²) in [5.41, 5.74) is 1.01. The fourth-order valence-corrected chi connectivity index (χ4v) is 2.30. The molecule has 0 radical (unpaired) electrons. The summed E-state index contributed by atoms with van der Waals surface area (Å²) in [5.74, 6) is 0.881. The predicted molar refractivity (Wildman–Crippen MR) is 86.3 cm³/mol. The fourth-order valence-electron chi connectivity index (χ4n) is 1.64. The molecular weight excluding hydrogens is 288 g/mol. The molecule has 0 bridgehead atoms. The second-order valence-corrected chi connectivity index (χ2v) is 6.97. The third-order valence-corrected chi connectivity index (χ3v) is 4.54. The van der Waals surface area contributed by atoms with Crippen molar-refractivity contribution in [2.24, 2.45) is 4.99 Å². The SMILES string of the molecule is CCNC(=NCCS(=O)(=O)CC)NCCc1ccccn1. The predicted octanol–water partition coefficient (Wildman–Crippen LogP) is 0.614. The lowest BCUT2D eigenvalue weighted by Gasteiger charge is -2.11. The average molecular weight is 312 g/mol. The Bertz CT molecular complexity index is 529. The van der Waals surface area contributed by atoms with Gasteiger partial charge < -0.3 is 10.6 Å². The molecule has 0 aliphatic heterocycles. The van der Waals surface area contributed by atoms with Crippen LogP contribution in [0.4, 0.5) is 0 Å². The van der Waals surface area contributed by atoms with Gasteiger partial charge in [-0.15, -0.1) is 0 Å². The number of guanidine groups is 1. The van der Waals surface area contributed by atoms with Gasteiger partial charge in [0.05, 0.1) is 12.3 Å². The smallest absolute Gasteiger partial charge is 0.191 e. The van der Waals surface area contributed by atoms with Crippen LogP contribution in [0.3, 0.4) is 0 Å². The van der Waals surface area contributed by atoms with Crippen LogP contribution >= 0.6 is 0 Å². The van der Waals surface area contributed by atoms with Crippen LogP contribution in [0, 0.1) is 0 Å². The highest BCUT2D eigenvalue weighted by Crippen LogP contribution is 1.93. The maximum atomic E-state index is 11.4. The van der Waals surface area contributed by atoms with Crippen molar-refractivity contribution >= 4 is 15.8 Å². The van der Waals surface area contributed by atoms with Crippen molar-refractivity contribution < 1.29 is 8.42 Å². The summed E-state index contributed by atoms with van der Waals surface area (Å²) in [7, 11) is -2.97. The molecule has 0 aromatic carbocycles. The number of rotatable bonds is 8. The fraction of sp³-hybridized carbons (Fsp3) is 0.571. The van der Waals surface area contributed by atoms with E-state index in [1.165, 1.54) is 0 Å². The number of aromatic nitrogens is 1. The van der Waals surface area contributed by atoms with E-state index in [-0.39, 0.29) is 18.1 Å². The first-order chi connectivity index (χ1) is 10.1. The second-order valence-electron chi connectivity index (χ2n) is 4.49. The van der Waals surface area contributed by atoms with Gasteiger partial charge >= 0.3 is 0 Å². The Morgan fingerprint density at radius 3 is 2.71 bits per heavy atom. The normalized spacial score (nSPS) is 12.2. The van der Waals surface area contributed by atoms with E-state index < -0.39 is 9.84 Å². The topological polar surface area (TPSA) is 83.5 Å². The van der Waals surface area contributed by atoms with Crippen LogP contribution < -0.4 is 10.6 Å². The zero-order valence-electron chi connectivity index (χ0n) is 12.7. The molecule has 1 aromatic heterocycles. The molecule has 1 heterocycles.